The molecule has 5 heteroatoms. The molecule has 0 aliphatic heterocycles. The number of carbonyl (C=O) groups is 1. The molecule has 1 N–H and O–H groups in total. The number of ketones is 1. The Morgan fingerprint density at radius 2 is 1.50 bits per heavy atom. The van der Waals surface area contributed by atoms with Crippen LogP contribution in [0.25, 0.3) is 44.8 Å². The van der Waals surface area contributed by atoms with E-state index in [0.717, 1.165) is 44.7 Å². The largest absolute Gasteiger partial charge is 0.512 e. The van der Waals surface area contributed by atoms with Gasteiger partial charge in [-0.05, 0) is 30.5 Å². The average Bonchev–Trinajstić information content (AvgIpc) is 3.27. The number of nitrogens with zero attached hydrogens (tertiary/aromatic N) is 1. The van der Waals surface area contributed by atoms with Crippen LogP contribution in [0, 0.1) is 13.0 Å². The molecule has 0 aliphatic rings. The van der Waals surface area contributed by atoms with Gasteiger partial charge in [0.15, 0.2) is 5.78 Å². The summed E-state index contributed by atoms with van der Waals surface area (Å²) in [6.07, 6.45) is 1.17. The van der Waals surface area contributed by atoms with Crippen LogP contribution in [0.15, 0.2) is 101 Å². The maximum atomic E-state index is 10.0. The molecule has 4 nitrogen and oxygen atoms in total. The van der Waals surface area contributed by atoms with E-state index in [1.165, 1.54) is 25.5 Å². The average molecular weight is 709 g/mol. The second-order valence-electron chi connectivity index (χ2n) is 10.7. The van der Waals surface area contributed by atoms with Gasteiger partial charge in [0, 0.05) is 42.7 Å². The number of benzene rings is 3. The number of rotatable bonds is 4. The second kappa shape index (κ2) is 13.0. The van der Waals surface area contributed by atoms with Gasteiger partial charge in [0.05, 0.1) is 5.76 Å². The summed E-state index contributed by atoms with van der Waals surface area (Å²) in [4.78, 5) is 15.0. The molecule has 3 aromatic carbocycles. The van der Waals surface area contributed by atoms with Crippen LogP contribution in [0.3, 0.4) is 0 Å². The van der Waals surface area contributed by atoms with Crippen molar-refractivity contribution in [3.8, 4) is 33.7 Å². The number of aliphatic hydroxyl groups is 1. The smallest absolute Gasteiger partial charge is 0.218 e. The van der Waals surface area contributed by atoms with Crippen LogP contribution in [-0.2, 0) is 30.3 Å². The Kier molecular flexibility index (Phi) is 10.0. The van der Waals surface area contributed by atoms with Gasteiger partial charge in [-0.25, -0.2) is 0 Å². The molecular weight excluding hydrogens is 675 g/mol. The molecule has 1 radical (unpaired) electrons. The van der Waals surface area contributed by atoms with Gasteiger partial charge in [0.2, 0.25) is 5.71 Å². The molecule has 2 aromatic heterocycles. The quantitative estimate of drug-likeness (QED) is 0.115. The van der Waals surface area contributed by atoms with Crippen molar-refractivity contribution in [2.45, 2.75) is 47.0 Å². The van der Waals surface area contributed by atoms with Crippen LogP contribution in [0.5, 0.6) is 0 Å². The van der Waals surface area contributed by atoms with E-state index in [-0.39, 0.29) is 37.1 Å². The molecule has 0 spiro atoms. The van der Waals surface area contributed by atoms with Crippen molar-refractivity contribution in [2.24, 2.45) is 0 Å². The van der Waals surface area contributed by atoms with E-state index in [1.54, 1.807) is 0 Å². The molecule has 0 atom stereocenters. The van der Waals surface area contributed by atoms with E-state index in [0.29, 0.717) is 5.71 Å². The first kappa shape index (κ1) is 30.7. The zero-order chi connectivity index (χ0) is 28.2. The molecule has 0 unspecified atom stereocenters. The van der Waals surface area contributed by atoms with Crippen LogP contribution >= 0.6 is 0 Å². The SMILES string of the molecule is CC(=O)/C=C(/C)O.Cc1[c-]c(-c2ccc3c(-c4ccccc4)c(-c4ccccc4)oc3n2)cc(C(C)(C)C)c1.[Ir]. The van der Waals surface area contributed by atoms with Gasteiger partial charge >= 0.3 is 0 Å². The minimum atomic E-state index is -0.125. The van der Waals surface area contributed by atoms with E-state index >= 15 is 0 Å². The monoisotopic (exact) mass is 709 g/mol. The fourth-order valence-electron chi connectivity index (χ4n) is 4.39. The van der Waals surface area contributed by atoms with Gasteiger partial charge in [-0.2, -0.15) is 0 Å². The molecule has 0 bridgehead atoms. The normalized spacial score (nSPS) is 11.4. The number of pyridine rings is 1. The first-order valence-electron chi connectivity index (χ1n) is 13.0. The Morgan fingerprint density at radius 3 is 2.02 bits per heavy atom. The summed E-state index contributed by atoms with van der Waals surface area (Å²) in [5.41, 5.74) is 8.21. The number of aryl methyl sites for hydroxylation is 1. The van der Waals surface area contributed by atoms with Crippen molar-refractivity contribution in [2.75, 3.05) is 0 Å². The molecule has 0 saturated heterocycles. The Labute approximate surface area is 250 Å². The number of hydrogen-bond acceptors (Lipinski definition) is 4. The van der Waals surface area contributed by atoms with Gasteiger partial charge in [-0.15, -0.1) is 34.9 Å². The van der Waals surface area contributed by atoms with Crippen molar-refractivity contribution in [1.29, 1.82) is 0 Å². The molecule has 0 amide bonds. The Hall–Kier alpha value is -3.79. The molecular formula is C35H34IrNO3-. The topological polar surface area (TPSA) is 63.3 Å². The summed E-state index contributed by atoms with van der Waals surface area (Å²) in [5.74, 6) is 0.785. The number of allylic oxidation sites excluding steroid dienone is 2. The molecule has 0 saturated carbocycles. The maximum Gasteiger partial charge on any atom is 0.218 e. The number of hydrogen-bond donors (Lipinski definition) is 1. The van der Waals surface area contributed by atoms with Crippen molar-refractivity contribution in [3.63, 3.8) is 0 Å². The summed E-state index contributed by atoms with van der Waals surface area (Å²) in [7, 11) is 0. The van der Waals surface area contributed by atoms with Gasteiger partial charge in [0.1, 0.15) is 5.76 Å². The number of furan rings is 1. The fourth-order valence-corrected chi connectivity index (χ4v) is 4.39. The van der Waals surface area contributed by atoms with Gasteiger partial charge in [-0.1, -0.05) is 100 Å². The first-order valence-corrected chi connectivity index (χ1v) is 13.0. The van der Waals surface area contributed by atoms with E-state index in [4.69, 9.17) is 14.5 Å². The second-order valence-corrected chi connectivity index (χ2v) is 10.7. The number of fused-ring (bicyclic) bond motifs is 1. The van der Waals surface area contributed by atoms with E-state index in [2.05, 4.69) is 94.4 Å². The van der Waals surface area contributed by atoms with Gasteiger partial charge in [-0.3, -0.25) is 9.78 Å². The van der Waals surface area contributed by atoms with E-state index in [9.17, 15) is 4.79 Å². The number of aromatic nitrogens is 1. The van der Waals surface area contributed by atoms with Gasteiger partial charge < -0.3 is 9.52 Å². The minimum Gasteiger partial charge on any atom is -0.512 e. The summed E-state index contributed by atoms with van der Waals surface area (Å²) in [6.45, 7) is 11.6. The predicted molar refractivity (Wildman–Crippen MR) is 160 cm³/mol. The van der Waals surface area contributed by atoms with E-state index < -0.39 is 0 Å². The maximum absolute atomic E-state index is 10.0. The van der Waals surface area contributed by atoms with Crippen LogP contribution in [-0.4, -0.2) is 15.9 Å². The Bertz CT molecular complexity index is 1620. The Morgan fingerprint density at radius 1 is 0.900 bits per heavy atom. The number of aliphatic hydroxyl groups excluding tert-OH is 1. The third-order valence-electron chi connectivity index (χ3n) is 6.21. The van der Waals surface area contributed by atoms with Crippen molar-refractivity contribution in [3.05, 3.63) is 114 Å². The summed E-state index contributed by atoms with van der Waals surface area (Å²) < 4.78 is 6.40. The summed E-state index contributed by atoms with van der Waals surface area (Å²) in [5, 5.41) is 9.38. The molecule has 207 valence electrons. The number of carbonyl (C=O) groups excluding carboxylic acids is 1. The molecule has 5 aromatic rings. The third-order valence-corrected chi connectivity index (χ3v) is 6.21. The zero-order valence-corrected chi connectivity index (χ0v) is 26.1. The summed E-state index contributed by atoms with van der Waals surface area (Å²) in [6, 6.07) is 32.7. The zero-order valence-electron chi connectivity index (χ0n) is 23.7. The van der Waals surface area contributed by atoms with E-state index in [1.807, 2.05) is 24.3 Å². The van der Waals surface area contributed by atoms with Crippen LogP contribution < -0.4 is 0 Å². The Balaban J connectivity index is 0.000000492. The van der Waals surface area contributed by atoms with Crippen molar-refractivity contribution in [1.82, 2.24) is 4.98 Å². The predicted octanol–water partition coefficient (Wildman–Crippen LogP) is 9.27. The third kappa shape index (κ3) is 7.44. The summed E-state index contributed by atoms with van der Waals surface area (Å²) >= 11 is 0. The minimum absolute atomic E-state index is 0. The van der Waals surface area contributed by atoms with Crippen LogP contribution in [0.4, 0.5) is 0 Å². The first-order chi connectivity index (χ1) is 18.5. The molecule has 0 fully saturated rings. The molecule has 0 aliphatic carbocycles. The van der Waals surface area contributed by atoms with Crippen LogP contribution in [0.2, 0.25) is 0 Å². The fraction of sp³-hybridized carbons (Fsp3) is 0.200. The van der Waals surface area contributed by atoms with Crippen molar-refractivity contribution < 1.29 is 34.4 Å². The van der Waals surface area contributed by atoms with Crippen molar-refractivity contribution >= 4 is 16.9 Å². The standard InChI is InChI=1S/C30H26NO.C5H8O2.Ir/c1-20-17-23(19-24(18-20)30(2,3)4)26-16-15-25-27(21-11-7-5-8-12-21)28(32-29(25)31-26)22-13-9-6-10-14-22;1-4(6)3-5(2)7;/h5-16,18-19H,1-4H3;3,6H,1-2H3;/q-1;;/b;4-3-;. The molecule has 5 rings (SSSR count). The van der Waals surface area contributed by atoms with Gasteiger partial charge in [0.25, 0.3) is 0 Å². The molecule has 2 heterocycles. The molecule has 40 heavy (non-hydrogen) atoms. The van der Waals surface area contributed by atoms with Crippen LogP contribution in [0.1, 0.15) is 45.7 Å².